The average Bonchev–Trinajstić information content (AvgIpc) is 2.96. The number of carbonyl (C=O) groups is 1. The molecule has 5 nitrogen and oxygen atoms in total. The van der Waals surface area contributed by atoms with E-state index in [4.69, 9.17) is 15.2 Å². The summed E-state index contributed by atoms with van der Waals surface area (Å²) in [7, 11) is 0. The van der Waals surface area contributed by atoms with E-state index in [2.05, 4.69) is 4.98 Å². The number of thiazole rings is 1. The summed E-state index contributed by atoms with van der Waals surface area (Å²) in [5.41, 5.74) is 4.91. The second-order valence-corrected chi connectivity index (χ2v) is 6.17. The Labute approximate surface area is 146 Å². The molecule has 8 heteroatoms. The molecule has 0 aliphatic rings. The van der Waals surface area contributed by atoms with E-state index in [1.165, 1.54) is 11.3 Å². The quantitative estimate of drug-likeness (QED) is 0.724. The Balaban J connectivity index is 1.81. The number of amides is 1. The monoisotopic (exact) mass is 364 g/mol. The lowest BCUT2D eigenvalue weighted by Gasteiger charge is -2.08. The lowest BCUT2D eigenvalue weighted by molar-refractivity contribution is 0.0991. The highest BCUT2D eigenvalue weighted by Crippen LogP contribution is 2.28. The van der Waals surface area contributed by atoms with Crippen LogP contribution in [0.25, 0.3) is 10.2 Å². The van der Waals surface area contributed by atoms with Gasteiger partial charge in [0.2, 0.25) is 0 Å². The number of nitrogens with two attached hydrogens (primary N) is 1. The number of rotatable bonds is 6. The van der Waals surface area contributed by atoms with E-state index in [9.17, 15) is 13.6 Å². The zero-order valence-corrected chi connectivity index (χ0v) is 14.0. The molecule has 0 bridgehead atoms. The van der Waals surface area contributed by atoms with Gasteiger partial charge in [0.05, 0.1) is 16.8 Å². The van der Waals surface area contributed by atoms with Gasteiger partial charge in [0, 0.05) is 6.07 Å². The van der Waals surface area contributed by atoms with E-state index in [0.717, 1.165) is 22.3 Å². The van der Waals surface area contributed by atoms with Crippen LogP contribution in [0.4, 0.5) is 8.78 Å². The van der Waals surface area contributed by atoms with Crippen molar-refractivity contribution in [3.63, 3.8) is 0 Å². The van der Waals surface area contributed by atoms with Crippen LogP contribution in [-0.2, 0) is 6.61 Å². The van der Waals surface area contributed by atoms with Gasteiger partial charge in [0.25, 0.3) is 5.91 Å². The standard InChI is InChI=1S/C17H14F2N2O3S/c1-2-23-9-3-6-13-11(7-9)21-14(25-13)8-24-12-5-4-10(18)15(16(12)19)17(20)22/h3-7H,2,8H2,1H3,(H2,20,22). The summed E-state index contributed by atoms with van der Waals surface area (Å²) in [6, 6.07) is 7.57. The molecule has 2 N–H and O–H groups in total. The summed E-state index contributed by atoms with van der Waals surface area (Å²) in [6.07, 6.45) is 0. The van der Waals surface area contributed by atoms with Crippen molar-refractivity contribution >= 4 is 27.5 Å². The summed E-state index contributed by atoms with van der Waals surface area (Å²) in [4.78, 5) is 15.5. The van der Waals surface area contributed by atoms with Crippen LogP contribution in [0.1, 0.15) is 22.3 Å². The van der Waals surface area contributed by atoms with Crippen LogP contribution < -0.4 is 15.2 Å². The van der Waals surface area contributed by atoms with Crippen molar-refractivity contribution in [1.29, 1.82) is 0 Å². The minimum absolute atomic E-state index is 0.0237. The largest absolute Gasteiger partial charge is 0.494 e. The molecule has 0 spiro atoms. The maximum atomic E-state index is 14.1. The first-order valence-corrected chi connectivity index (χ1v) is 8.24. The van der Waals surface area contributed by atoms with Gasteiger partial charge in [-0.15, -0.1) is 11.3 Å². The highest BCUT2D eigenvalue weighted by atomic mass is 32.1. The molecular weight excluding hydrogens is 350 g/mol. The molecule has 0 atom stereocenters. The van der Waals surface area contributed by atoms with Crippen molar-refractivity contribution in [2.45, 2.75) is 13.5 Å². The molecule has 0 aliphatic heterocycles. The molecule has 0 fully saturated rings. The molecule has 1 heterocycles. The molecule has 0 saturated carbocycles. The number of aromatic nitrogens is 1. The Kier molecular flexibility index (Phi) is 4.80. The Morgan fingerprint density at radius 3 is 2.76 bits per heavy atom. The van der Waals surface area contributed by atoms with Crippen LogP contribution in [0.2, 0.25) is 0 Å². The van der Waals surface area contributed by atoms with Gasteiger partial charge in [-0.2, -0.15) is 0 Å². The van der Waals surface area contributed by atoms with Crippen LogP contribution in [0, 0.1) is 11.6 Å². The van der Waals surface area contributed by atoms with Gasteiger partial charge in [-0.1, -0.05) is 0 Å². The number of hydrogen-bond donors (Lipinski definition) is 1. The van der Waals surface area contributed by atoms with E-state index in [1.54, 1.807) is 0 Å². The van der Waals surface area contributed by atoms with Crippen LogP contribution in [0.5, 0.6) is 11.5 Å². The molecule has 2 aromatic carbocycles. The number of primary amides is 1. The minimum Gasteiger partial charge on any atom is -0.494 e. The van der Waals surface area contributed by atoms with Crippen molar-refractivity contribution in [3.05, 3.63) is 52.5 Å². The van der Waals surface area contributed by atoms with Crippen LogP contribution in [0.3, 0.4) is 0 Å². The van der Waals surface area contributed by atoms with Crippen molar-refractivity contribution in [2.75, 3.05) is 6.61 Å². The maximum Gasteiger partial charge on any atom is 0.254 e. The topological polar surface area (TPSA) is 74.4 Å². The first-order chi connectivity index (χ1) is 12.0. The molecular formula is C17H14F2N2O3S. The molecule has 1 aromatic heterocycles. The lowest BCUT2D eigenvalue weighted by Crippen LogP contribution is -2.16. The number of carbonyl (C=O) groups excluding carboxylic acids is 1. The minimum atomic E-state index is -1.19. The Bertz CT molecular complexity index is 943. The first-order valence-electron chi connectivity index (χ1n) is 7.42. The second kappa shape index (κ2) is 7.02. The van der Waals surface area contributed by atoms with Crippen LogP contribution >= 0.6 is 11.3 Å². The normalized spacial score (nSPS) is 10.8. The summed E-state index contributed by atoms with van der Waals surface area (Å²) in [5.74, 6) is -2.88. The molecule has 130 valence electrons. The fourth-order valence-electron chi connectivity index (χ4n) is 2.28. The highest BCUT2D eigenvalue weighted by molar-refractivity contribution is 7.18. The molecule has 1 amide bonds. The van der Waals surface area contributed by atoms with Gasteiger partial charge < -0.3 is 15.2 Å². The number of nitrogens with zero attached hydrogens (tertiary/aromatic N) is 1. The summed E-state index contributed by atoms with van der Waals surface area (Å²) in [5, 5.41) is 0.605. The predicted molar refractivity (Wildman–Crippen MR) is 90.0 cm³/mol. The summed E-state index contributed by atoms with van der Waals surface area (Å²) < 4.78 is 39.3. The predicted octanol–water partition coefficient (Wildman–Crippen LogP) is 3.65. The van der Waals surface area contributed by atoms with E-state index >= 15 is 0 Å². The Morgan fingerprint density at radius 2 is 2.04 bits per heavy atom. The highest BCUT2D eigenvalue weighted by Gasteiger charge is 2.19. The zero-order valence-electron chi connectivity index (χ0n) is 13.2. The van der Waals surface area contributed by atoms with Crippen molar-refractivity contribution in [3.8, 4) is 11.5 Å². The molecule has 3 rings (SSSR count). The van der Waals surface area contributed by atoms with Crippen molar-refractivity contribution in [2.24, 2.45) is 5.73 Å². The fraction of sp³-hybridized carbons (Fsp3) is 0.176. The van der Waals surface area contributed by atoms with Crippen molar-refractivity contribution < 1.29 is 23.0 Å². The fourth-order valence-corrected chi connectivity index (χ4v) is 3.14. The Hall–Kier alpha value is -2.74. The average molecular weight is 364 g/mol. The van der Waals surface area contributed by atoms with E-state index in [1.807, 2.05) is 25.1 Å². The third-order valence-corrected chi connectivity index (χ3v) is 4.38. The number of benzene rings is 2. The van der Waals surface area contributed by atoms with Gasteiger partial charge >= 0.3 is 0 Å². The SMILES string of the molecule is CCOc1ccc2sc(COc3ccc(F)c(C(N)=O)c3F)nc2c1. The molecule has 0 radical (unpaired) electrons. The molecule has 25 heavy (non-hydrogen) atoms. The molecule has 0 saturated heterocycles. The summed E-state index contributed by atoms with van der Waals surface area (Å²) >= 11 is 1.38. The smallest absolute Gasteiger partial charge is 0.254 e. The van der Waals surface area contributed by atoms with E-state index < -0.39 is 23.1 Å². The second-order valence-electron chi connectivity index (χ2n) is 5.06. The molecule has 0 unspecified atom stereocenters. The number of ether oxygens (including phenoxy) is 2. The third kappa shape index (κ3) is 3.53. The van der Waals surface area contributed by atoms with Crippen LogP contribution in [0.15, 0.2) is 30.3 Å². The van der Waals surface area contributed by atoms with Gasteiger partial charge in [0.1, 0.15) is 28.7 Å². The number of hydrogen-bond acceptors (Lipinski definition) is 5. The van der Waals surface area contributed by atoms with E-state index in [-0.39, 0.29) is 12.4 Å². The van der Waals surface area contributed by atoms with Crippen molar-refractivity contribution in [1.82, 2.24) is 4.98 Å². The first kappa shape index (κ1) is 17.1. The van der Waals surface area contributed by atoms with Crippen LogP contribution in [-0.4, -0.2) is 17.5 Å². The third-order valence-electron chi connectivity index (χ3n) is 3.37. The van der Waals surface area contributed by atoms with Gasteiger partial charge in [-0.3, -0.25) is 4.79 Å². The summed E-state index contributed by atoms with van der Waals surface area (Å²) in [6.45, 7) is 2.42. The van der Waals surface area contributed by atoms with Gasteiger partial charge in [0.15, 0.2) is 11.6 Å². The zero-order chi connectivity index (χ0) is 18.0. The number of halogens is 2. The number of fused-ring (bicyclic) bond motifs is 1. The maximum absolute atomic E-state index is 14.1. The van der Waals surface area contributed by atoms with Gasteiger partial charge in [-0.25, -0.2) is 13.8 Å². The van der Waals surface area contributed by atoms with Gasteiger partial charge in [-0.05, 0) is 31.2 Å². The lowest BCUT2D eigenvalue weighted by atomic mass is 10.2. The van der Waals surface area contributed by atoms with E-state index in [0.29, 0.717) is 17.4 Å². The Morgan fingerprint density at radius 1 is 1.24 bits per heavy atom. The molecule has 3 aromatic rings. The molecule has 0 aliphatic carbocycles.